The van der Waals surface area contributed by atoms with Crippen LogP contribution in [0.25, 0.3) is 0 Å². The molecular weight excluding hydrogens is 365 g/mol. The number of alkyl halides is 1. The standard InChI is InChI=1S/C14H10BrClFNO3/c15-7-10-6-11(18(19)20)2-4-14(10)21-8-9-1-3-12(16)13(17)5-9/h1-6H,7-8H2. The normalized spacial score (nSPS) is 10.4. The number of hydrogen-bond donors (Lipinski definition) is 0. The molecule has 0 fully saturated rings. The van der Waals surface area contributed by atoms with Gasteiger partial charge in [0.2, 0.25) is 0 Å². The van der Waals surface area contributed by atoms with E-state index in [-0.39, 0.29) is 17.3 Å². The van der Waals surface area contributed by atoms with Crippen molar-refractivity contribution in [2.75, 3.05) is 0 Å². The molecule has 2 aromatic rings. The number of nitrogens with zero attached hydrogens (tertiary/aromatic N) is 1. The van der Waals surface area contributed by atoms with E-state index in [1.54, 1.807) is 6.07 Å². The molecule has 0 N–H and O–H groups in total. The largest absolute Gasteiger partial charge is 0.489 e. The molecule has 0 heterocycles. The first-order chi connectivity index (χ1) is 10.0. The summed E-state index contributed by atoms with van der Waals surface area (Å²) in [6.07, 6.45) is 0. The van der Waals surface area contributed by atoms with Crippen LogP contribution >= 0.6 is 27.5 Å². The van der Waals surface area contributed by atoms with Crippen LogP contribution in [0.5, 0.6) is 5.75 Å². The van der Waals surface area contributed by atoms with Gasteiger partial charge in [0, 0.05) is 23.0 Å². The van der Waals surface area contributed by atoms with Crippen molar-refractivity contribution in [3.05, 3.63) is 68.5 Å². The van der Waals surface area contributed by atoms with Gasteiger partial charge in [-0.25, -0.2) is 4.39 Å². The van der Waals surface area contributed by atoms with E-state index in [2.05, 4.69) is 15.9 Å². The monoisotopic (exact) mass is 373 g/mol. The van der Waals surface area contributed by atoms with Crippen molar-refractivity contribution in [2.45, 2.75) is 11.9 Å². The zero-order valence-corrected chi connectivity index (χ0v) is 13.0. The zero-order chi connectivity index (χ0) is 15.4. The third-order valence-corrected chi connectivity index (χ3v) is 3.69. The molecule has 0 amide bonds. The lowest BCUT2D eigenvalue weighted by molar-refractivity contribution is -0.384. The van der Waals surface area contributed by atoms with E-state index in [9.17, 15) is 14.5 Å². The van der Waals surface area contributed by atoms with Gasteiger partial charge in [0.15, 0.2) is 0 Å². The lowest BCUT2D eigenvalue weighted by Crippen LogP contribution is -1.99. The summed E-state index contributed by atoms with van der Waals surface area (Å²) < 4.78 is 18.9. The highest BCUT2D eigenvalue weighted by atomic mass is 79.9. The van der Waals surface area contributed by atoms with E-state index < -0.39 is 10.7 Å². The van der Waals surface area contributed by atoms with Crippen molar-refractivity contribution in [3.8, 4) is 5.75 Å². The lowest BCUT2D eigenvalue weighted by Gasteiger charge is -2.10. The summed E-state index contributed by atoms with van der Waals surface area (Å²) >= 11 is 8.87. The molecule has 0 saturated carbocycles. The Kier molecular flexibility index (Phi) is 5.14. The van der Waals surface area contributed by atoms with Crippen LogP contribution in [0.15, 0.2) is 36.4 Å². The first-order valence-corrected chi connectivity index (χ1v) is 7.41. The maximum atomic E-state index is 13.3. The second-order valence-electron chi connectivity index (χ2n) is 4.22. The van der Waals surface area contributed by atoms with E-state index >= 15 is 0 Å². The van der Waals surface area contributed by atoms with Crippen molar-refractivity contribution in [3.63, 3.8) is 0 Å². The average Bonchev–Trinajstić information content (AvgIpc) is 2.48. The van der Waals surface area contributed by atoms with Gasteiger partial charge in [0.05, 0.1) is 9.95 Å². The van der Waals surface area contributed by atoms with Gasteiger partial charge in [-0.15, -0.1) is 0 Å². The zero-order valence-electron chi connectivity index (χ0n) is 10.7. The molecule has 0 radical (unpaired) electrons. The van der Waals surface area contributed by atoms with Crippen molar-refractivity contribution in [1.82, 2.24) is 0 Å². The fourth-order valence-electron chi connectivity index (χ4n) is 1.72. The summed E-state index contributed by atoms with van der Waals surface area (Å²) in [4.78, 5) is 10.3. The molecule has 0 unspecified atom stereocenters. The van der Waals surface area contributed by atoms with Gasteiger partial charge in [0.25, 0.3) is 5.69 Å². The fraction of sp³-hybridized carbons (Fsp3) is 0.143. The highest BCUT2D eigenvalue weighted by Crippen LogP contribution is 2.27. The lowest BCUT2D eigenvalue weighted by atomic mass is 10.2. The van der Waals surface area contributed by atoms with Crippen LogP contribution in [-0.2, 0) is 11.9 Å². The minimum absolute atomic E-state index is 0.00524. The molecule has 4 nitrogen and oxygen atoms in total. The van der Waals surface area contributed by atoms with Gasteiger partial charge in [0.1, 0.15) is 18.2 Å². The second-order valence-corrected chi connectivity index (χ2v) is 5.19. The molecule has 0 spiro atoms. The number of halogens is 3. The highest BCUT2D eigenvalue weighted by molar-refractivity contribution is 9.08. The predicted octanol–water partition coefficient (Wildman–Crippen LogP) is 4.86. The smallest absolute Gasteiger partial charge is 0.270 e. The first kappa shape index (κ1) is 15.7. The van der Waals surface area contributed by atoms with Crippen LogP contribution in [0.4, 0.5) is 10.1 Å². The molecule has 0 aliphatic rings. The van der Waals surface area contributed by atoms with E-state index in [1.165, 1.54) is 30.3 Å². The van der Waals surface area contributed by atoms with E-state index in [1.807, 2.05) is 0 Å². The quantitative estimate of drug-likeness (QED) is 0.426. The fourth-order valence-corrected chi connectivity index (χ4v) is 2.27. The Labute approximate surface area is 133 Å². The van der Waals surface area contributed by atoms with Crippen LogP contribution in [0.1, 0.15) is 11.1 Å². The minimum Gasteiger partial charge on any atom is -0.489 e. The molecule has 7 heteroatoms. The molecule has 0 atom stereocenters. The van der Waals surface area contributed by atoms with Crippen LogP contribution in [0.2, 0.25) is 5.02 Å². The van der Waals surface area contributed by atoms with E-state index in [4.69, 9.17) is 16.3 Å². The number of rotatable bonds is 5. The Morgan fingerprint density at radius 1 is 1.29 bits per heavy atom. The van der Waals surface area contributed by atoms with Gasteiger partial charge >= 0.3 is 0 Å². The molecule has 2 rings (SSSR count). The predicted molar refractivity (Wildman–Crippen MR) is 81.5 cm³/mol. The van der Waals surface area contributed by atoms with Crippen molar-refractivity contribution < 1.29 is 14.1 Å². The maximum absolute atomic E-state index is 13.3. The van der Waals surface area contributed by atoms with Gasteiger partial charge < -0.3 is 4.74 Å². The number of nitro groups is 1. The first-order valence-electron chi connectivity index (χ1n) is 5.91. The molecule has 21 heavy (non-hydrogen) atoms. The van der Waals surface area contributed by atoms with E-state index in [0.717, 1.165) is 0 Å². The minimum atomic E-state index is -0.512. The van der Waals surface area contributed by atoms with Crippen LogP contribution in [-0.4, -0.2) is 4.92 Å². The van der Waals surface area contributed by atoms with Gasteiger partial charge in [-0.3, -0.25) is 10.1 Å². The van der Waals surface area contributed by atoms with Crippen molar-refractivity contribution >= 4 is 33.2 Å². The van der Waals surface area contributed by atoms with Crippen molar-refractivity contribution in [1.29, 1.82) is 0 Å². The van der Waals surface area contributed by atoms with Gasteiger partial charge in [-0.1, -0.05) is 33.6 Å². The molecule has 0 aliphatic heterocycles. The van der Waals surface area contributed by atoms with Crippen LogP contribution in [0, 0.1) is 15.9 Å². The van der Waals surface area contributed by atoms with E-state index in [0.29, 0.717) is 22.2 Å². The molecule has 0 aromatic heterocycles. The summed E-state index contributed by atoms with van der Waals surface area (Å²) in [5.74, 6) is -0.00462. The molecule has 110 valence electrons. The molecular formula is C14H10BrClFNO3. The Balaban J connectivity index is 2.15. The number of hydrogen-bond acceptors (Lipinski definition) is 3. The highest BCUT2D eigenvalue weighted by Gasteiger charge is 2.11. The van der Waals surface area contributed by atoms with Crippen LogP contribution in [0.3, 0.4) is 0 Å². The number of non-ortho nitro benzene ring substituents is 1. The Bertz CT molecular complexity index is 681. The summed E-state index contributed by atoms with van der Waals surface area (Å²) in [7, 11) is 0. The summed E-state index contributed by atoms with van der Waals surface area (Å²) in [6.45, 7) is 0.145. The second kappa shape index (κ2) is 6.87. The summed E-state index contributed by atoms with van der Waals surface area (Å²) in [5.41, 5.74) is 1.27. The van der Waals surface area contributed by atoms with Gasteiger partial charge in [-0.05, 0) is 23.8 Å². The molecule has 0 aliphatic carbocycles. The average molecular weight is 375 g/mol. The number of benzene rings is 2. The third-order valence-electron chi connectivity index (χ3n) is 2.78. The Morgan fingerprint density at radius 3 is 2.67 bits per heavy atom. The van der Waals surface area contributed by atoms with Crippen molar-refractivity contribution in [2.24, 2.45) is 0 Å². The SMILES string of the molecule is O=[N+]([O-])c1ccc(OCc2ccc(Cl)c(F)c2)c(CBr)c1. The van der Waals surface area contributed by atoms with Crippen LogP contribution < -0.4 is 4.74 Å². The van der Waals surface area contributed by atoms with Gasteiger partial charge in [-0.2, -0.15) is 0 Å². The number of nitro benzene ring substituents is 1. The molecule has 0 bridgehead atoms. The maximum Gasteiger partial charge on any atom is 0.270 e. The number of ether oxygens (including phenoxy) is 1. The Hall–Kier alpha value is -1.66. The Morgan fingerprint density at radius 2 is 2.05 bits per heavy atom. The summed E-state index contributed by atoms with van der Waals surface area (Å²) in [6, 6.07) is 8.74. The third kappa shape index (κ3) is 3.92. The summed E-state index contributed by atoms with van der Waals surface area (Å²) in [5, 5.41) is 11.2. The molecule has 2 aromatic carbocycles. The topological polar surface area (TPSA) is 52.4 Å². The molecule has 0 saturated heterocycles.